The average Bonchev–Trinajstić information content (AvgIpc) is 3.49. The molecule has 3 heterocycles. The second kappa shape index (κ2) is 12.3. The second-order valence-corrected chi connectivity index (χ2v) is 9.11. The number of hydrogen-bond donors (Lipinski definition) is 2. The Morgan fingerprint density at radius 1 is 1.14 bits per heavy atom. The molecule has 2 aliphatic rings. The number of hydrogen-bond acceptors (Lipinski definition) is 7. The highest BCUT2D eigenvalue weighted by atomic mass is 32.1. The van der Waals surface area contributed by atoms with Gasteiger partial charge in [-0.1, -0.05) is 6.42 Å². The molecule has 1 saturated heterocycles. The predicted octanol–water partition coefficient (Wildman–Crippen LogP) is 4.49. The summed E-state index contributed by atoms with van der Waals surface area (Å²) < 4.78 is 69.5. The number of nitrogens with zero attached hydrogens (tertiary/aromatic N) is 3. The van der Waals surface area contributed by atoms with Crippen LogP contribution in [0.3, 0.4) is 0 Å². The number of aliphatic carboxylic acids is 2. The first-order valence-electron chi connectivity index (χ1n) is 10.5. The first-order valence-corrected chi connectivity index (χ1v) is 11.3. The number of carboxylic acids is 2. The normalized spacial score (nSPS) is 21.4. The molecule has 2 aromatic rings. The Morgan fingerprint density at radius 3 is 2.28 bits per heavy atom. The summed E-state index contributed by atoms with van der Waals surface area (Å²) >= 11 is 1.75. The maximum absolute atomic E-state index is 10.6. The van der Waals surface area contributed by atoms with Gasteiger partial charge in [0.25, 0.3) is 0 Å². The molecule has 0 amide bonds. The third kappa shape index (κ3) is 8.93. The van der Waals surface area contributed by atoms with Crippen molar-refractivity contribution in [2.45, 2.75) is 38.2 Å². The Kier molecular flexibility index (Phi) is 10.0. The van der Waals surface area contributed by atoms with E-state index in [1.807, 2.05) is 24.5 Å². The molecular formula is C21H23F6N3O5S. The Bertz CT molecular complexity index is 951. The van der Waals surface area contributed by atoms with Crippen LogP contribution in [0, 0.1) is 11.3 Å². The number of fused-ring (bicyclic) bond motifs is 1. The molecule has 1 aliphatic heterocycles. The highest BCUT2D eigenvalue weighted by Gasteiger charge is 2.50. The van der Waals surface area contributed by atoms with Gasteiger partial charge < -0.3 is 14.9 Å². The minimum Gasteiger partial charge on any atom is -0.491 e. The van der Waals surface area contributed by atoms with Gasteiger partial charge in [0.15, 0.2) is 0 Å². The van der Waals surface area contributed by atoms with Crippen molar-refractivity contribution < 1.29 is 50.9 Å². The van der Waals surface area contributed by atoms with Gasteiger partial charge in [0.2, 0.25) is 0 Å². The van der Waals surface area contributed by atoms with Gasteiger partial charge >= 0.3 is 24.3 Å². The first kappa shape index (κ1) is 29.3. The van der Waals surface area contributed by atoms with E-state index in [1.54, 1.807) is 17.5 Å². The summed E-state index contributed by atoms with van der Waals surface area (Å²) in [4.78, 5) is 28.9. The minimum absolute atomic E-state index is 0.326. The smallest absolute Gasteiger partial charge is 0.490 e. The van der Waals surface area contributed by atoms with Crippen LogP contribution in [-0.4, -0.2) is 69.1 Å². The van der Waals surface area contributed by atoms with E-state index >= 15 is 0 Å². The Balaban J connectivity index is 0.000000271. The van der Waals surface area contributed by atoms with Crippen LogP contribution in [-0.2, 0) is 16.1 Å². The number of carbonyl (C=O) groups is 2. The van der Waals surface area contributed by atoms with E-state index in [0.29, 0.717) is 5.41 Å². The molecule has 0 spiro atoms. The number of alkyl halides is 6. The van der Waals surface area contributed by atoms with Gasteiger partial charge in [-0.25, -0.2) is 14.6 Å². The number of halogens is 6. The lowest BCUT2D eigenvalue weighted by Crippen LogP contribution is -2.33. The first-order chi connectivity index (χ1) is 16.7. The fourth-order valence-corrected chi connectivity index (χ4v) is 4.72. The number of carboxylic acid groups (broad SMARTS) is 2. The van der Waals surface area contributed by atoms with Crippen LogP contribution < -0.4 is 4.74 Å². The molecule has 200 valence electrons. The largest absolute Gasteiger partial charge is 0.491 e. The van der Waals surface area contributed by atoms with Gasteiger partial charge in [0.05, 0.1) is 19.3 Å². The third-order valence-electron chi connectivity index (χ3n) is 5.60. The van der Waals surface area contributed by atoms with Crippen molar-refractivity contribution >= 4 is 23.3 Å². The van der Waals surface area contributed by atoms with E-state index in [9.17, 15) is 26.3 Å². The van der Waals surface area contributed by atoms with Crippen molar-refractivity contribution in [2.75, 3.05) is 19.7 Å². The molecular weight excluding hydrogens is 520 g/mol. The van der Waals surface area contributed by atoms with E-state index in [4.69, 9.17) is 24.5 Å². The van der Waals surface area contributed by atoms with Crippen LogP contribution in [0.25, 0.3) is 0 Å². The standard InChI is InChI=1S/C17H21N3OS.2C2HF3O2/c1-3-14-10-20(11-16-19-7-8-22-16)12-17(14,5-1)13-21-15-4-2-6-18-9-15;2*3-2(4,5)1(6)7/h2,4,6-9,14H,1,3,5,10-13H2;2*(H,6,7)/t14-,17+;;/m1../s1. The van der Waals surface area contributed by atoms with Gasteiger partial charge in [-0.15, -0.1) is 11.3 Å². The van der Waals surface area contributed by atoms with Crippen molar-refractivity contribution in [3.8, 4) is 5.75 Å². The number of likely N-dealkylation sites (tertiary alicyclic amines) is 1. The van der Waals surface area contributed by atoms with Crippen molar-refractivity contribution in [3.05, 3.63) is 41.1 Å². The van der Waals surface area contributed by atoms with E-state index in [2.05, 4.69) is 20.2 Å². The fraction of sp³-hybridized carbons (Fsp3) is 0.524. The van der Waals surface area contributed by atoms with Crippen LogP contribution in [0.15, 0.2) is 36.1 Å². The highest BCUT2D eigenvalue weighted by Crippen LogP contribution is 2.49. The summed E-state index contributed by atoms with van der Waals surface area (Å²) in [6, 6.07) is 3.93. The molecule has 2 fully saturated rings. The molecule has 8 nitrogen and oxygen atoms in total. The molecule has 1 aliphatic carbocycles. The zero-order chi connectivity index (χ0) is 27.0. The van der Waals surface area contributed by atoms with E-state index in [-0.39, 0.29) is 0 Å². The number of pyridine rings is 1. The monoisotopic (exact) mass is 543 g/mol. The summed E-state index contributed by atoms with van der Waals surface area (Å²) in [6.07, 6.45) is -0.709. The Morgan fingerprint density at radius 2 is 1.78 bits per heavy atom. The lowest BCUT2D eigenvalue weighted by Gasteiger charge is -2.28. The van der Waals surface area contributed by atoms with Crippen LogP contribution >= 0.6 is 11.3 Å². The van der Waals surface area contributed by atoms with Gasteiger partial charge in [-0.2, -0.15) is 26.3 Å². The molecule has 2 aromatic heterocycles. The van der Waals surface area contributed by atoms with Gasteiger partial charge in [-0.05, 0) is 30.9 Å². The van der Waals surface area contributed by atoms with Crippen LogP contribution in [0.4, 0.5) is 26.3 Å². The summed E-state index contributed by atoms with van der Waals surface area (Å²) in [7, 11) is 0. The highest BCUT2D eigenvalue weighted by molar-refractivity contribution is 7.09. The minimum atomic E-state index is -5.08. The van der Waals surface area contributed by atoms with Gasteiger partial charge in [0.1, 0.15) is 10.8 Å². The SMILES string of the molecule is O=C(O)C(F)(F)F.O=C(O)C(F)(F)F.c1cncc(OC[C@@]23CCC[C@@H]2CN(Cc2nccs2)C3)c1. The van der Waals surface area contributed by atoms with Crippen molar-refractivity contribution in [1.82, 2.24) is 14.9 Å². The zero-order valence-corrected chi connectivity index (χ0v) is 19.4. The van der Waals surface area contributed by atoms with E-state index < -0.39 is 24.3 Å². The maximum atomic E-state index is 10.6. The van der Waals surface area contributed by atoms with E-state index in [1.165, 1.54) is 30.8 Å². The molecule has 2 atom stereocenters. The number of thiazole rings is 1. The predicted molar refractivity (Wildman–Crippen MR) is 114 cm³/mol. The van der Waals surface area contributed by atoms with Crippen LogP contribution in [0.1, 0.15) is 24.3 Å². The summed E-state index contributed by atoms with van der Waals surface area (Å²) in [5, 5.41) is 17.5. The second-order valence-electron chi connectivity index (χ2n) is 8.13. The third-order valence-corrected chi connectivity index (χ3v) is 6.36. The van der Waals surface area contributed by atoms with Gasteiger partial charge in [-0.3, -0.25) is 9.88 Å². The molecule has 4 rings (SSSR count). The summed E-state index contributed by atoms with van der Waals surface area (Å²) in [5.41, 5.74) is 0.326. The van der Waals surface area contributed by atoms with Crippen LogP contribution in [0.5, 0.6) is 5.75 Å². The maximum Gasteiger partial charge on any atom is 0.490 e. The van der Waals surface area contributed by atoms with Crippen molar-refractivity contribution in [3.63, 3.8) is 0 Å². The number of aromatic nitrogens is 2. The molecule has 1 saturated carbocycles. The molecule has 0 unspecified atom stereocenters. The van der Waals surface area contributed by atoms with Crippen molar-refractivity contribution in [1.29, 1.82) is 0 Å². The number of rotatable bonds is 5. The molecule has 36 heavy (non-hydrogen) atoms. The van der Waals surface area contributed by atoms with Gasteiger partial charge in [0, 0.05) is 36.3 Å². The fourth-order valence-electron chi connectivity index (χ4n) is 4.06. The molecule has 0 bridgehead atoms. The molecule has 15 heteroatoms. The zero-order valence-electron chi connectivity index (χ0n) is 18.6. The summed E-state index contributed by atoms with van der Waals surface area (Å²) in [5.74, 6) is -3.86. The topological polar surface area (TPSA) is 113 Å². The lowest BCUT2D eigenvalue weighted by molar-refractivity contribution is -0.193. The average molecular weight is 543 g/mol. The van der Waals surface area contributed by atoms with Crippen LogP contribution in [0.2, 0.25) is 0 Å². The number of ether oxygens (including phenoxy) is 1. The molecule has 0 radical (unpaired) electrons. The molecule has 2 N–H and O–H groups in total. The molecule has 0 aromatic carbocycles. The quantitative estimate of drug-likeness (QED) is 0.531. The summed E-state index contributed by atoms with van der Waals surface area (Å²) in [6.45, 7) is 4.13. The Labute approximate surface area is 205 Å². The van der Waals surface area contributed by atoms with Crippen molar-refractivity contribution in [2.24, 2.45) is 11.3 Å². The Hall–Kier alpha value is -2.94. The lowest BCUT2D eigenvalue weighted by atomic mass is 9.81. The van der Waals surface area contributed by atoms with E-state index in [0.717, 1.165) is 31.4 Å².